The van der Waals surface area contributed by atoms with Crippen LogP contribution in [0.3, 0.4) is 0 Å². The number of methoxy groups -OCH3 is 2. The second kappa shape index (κ2) is 5.14. The zero-order valence-electron chi connectivity index (χ0n) is 10.9. The highest BCUT2D eigenvalue weighted by Gasteiger charge is 2.30. The molecule has 0 radical (unpaired) electrons. The first-order valence-corrected chi connectivity index (χ1v) is 5.80. The molecule has 1 aliphatic rings. The van der Waals surface area contributed by atoms with Crippen LogP contribution in [0.15, 0.2) is 18.2 Å². The van der Waals surface area contributed by atoms with Crippen LogP contribution in [0.25, 0.3) is 0 Å². The molecule has 1 heterocycles. The van der Waals surface area contributed by atoms with Crippen LogP contribution in [-0.2, 0) is 9.47 Å². The maximum absolute atomic E-state index is 5.93. The summed E-state index contributed by atoms with van der Waals surface area (Å²) in [6, 6.07) is 5.57. The normalized spacial score (nSPS) is 27.9. The Hall–Kier alpha value is -1.30. The number of rotatable bonds is 3. The molecule has 1 saturated heterocycles. The summed E-state index contributed by atoms with van der Waals surface area (Å²) in [5.74, 6) is 1.34. The zero-order chi connectivity index (χ0) is 13.2. The molecule has 1 aromatic rings. The van der Waals surface area contributed by atoms with Crippen molar-refractivity contribution in [2.45, 2.75) is 18.8 Å². The molecule has 0 spiro atoms. The number of hydrogen-bond donors (Lipinski definition) is 1. The van der Waals surface area contributed by atoms with Gasteiger partial charge in [-0.1, -0.05) is 6.07 Å². The molecule has 0 bridgehead atoms. The molecule has 0 saturated carbocycles. The Balaban J connectivity index is 2.15. The van der Waals surface area contributed by atoms with Crippen molar-refractivity contribution < 1.29 is 18.9 Å². The van der Waals surface area contributed by atoms with E-state index in [1.54, 1.807) is 14.2 Å². The maximum atomic E-state index is 5.93. The van der Waals surface area contributed by atoms with E-state index in [4.69, 9.17) is 24.7 Å². The lowest BCUT2D eigenvalue weighted by molar-refractivity contribution is -0.208. The average molecular weight is 253 g/mol. The summed E-state index contributed by atoms with van der Waals surface area (Å²) < 4.78 is 21.7. The molecule has 18 heavy (non-hydrogen) atoms. The first-order valence-electron chi connectivity index (χ1n) is 5.80. The van der Waals surface area contributed by atoms with Crippen LogP contribution < -0.4 is 15.2 Å². The predicted octanol–water partition coefficient (Wildman–Crippen LogP) is 1.47. The van der Waals surface area contributed by atoms with Gasteiger partial charge in [0.1, 0.15) is 0 Å². The fourth-order valence-electron chi connectivity index (χ4n) is 1.81. The van der Waals surface area contributed by atoms with Crippen molar-refractivity contribution in [3.63, 3.8) is 0 Å². The molecular formula is C13H19NO4. The van der Waals surface area contributed by atoms with Crippen molar-refractivity contribution >= 4 is 0 Å². The number of benzene rings is 1. The average Bonchev–Trinajstić information content (AvgIpc) is 2.38. The maximum Gasteiger partial charge on any atom is 0.184 e. The molecule has 0 unspecified atom stereocenters. The van der Waals surface area contributed by atoms with E-state index in [-0.39, 0.29) is 0 Å². The highest BCUT2D eigenvalue weighted by Crippen LogP contribution is 2.33. The van der Waals surface area contributed by atoms with E-state index in [1.807, 2.05) is 25.1 Å². The second-order valence-corrected chi connectivity index (χ2v) is 4.72. The van der Waals surface area contributed by atoms with E-state index in [0.717, 1.165) is 5.56 Å². The van der Waals surface area contributed by atoms with Gasteiger partial charge in [0.15, 0.2) is 17.8 Å². The van der Waals surface area contributed by atoms with E-state index in [0.29, 0.717) is 24.7 Å². The molecule has 100 valence electrons. The Kier molecular flexibility index (Phi) is 3.75. The monoisotopic (exact) mass is 253 g/mol. The zero-order valence-corrected chi connectivity index (χ0v) is 10.9. The summed E-state index contributed by atoms with van der Waals surface area (Å²) in [5, 5.41) is 0. The fraction of sp³-hybridized carbons (Fsp3) is 0.538. The van der Waals surface area contributed by atoms with Crippen molar-refractivity contribution in [1.29, 1.82) is 0 Å². The van der Waals surface area contributed by atoms with Crippen molar-refractivity contribution in [1.82, 2.24) is 0 Å². The standard InChI is InChI=1S/C13H19NO4/c1-13(14)7-17-12(18-8-13)9-4-5-10(15-2)11(6-9)16-3/h4-6,12H,7-8,14H2,1-3H3. The van der Waals surface area contributed by atoms with E-state index in [9.17, 15) is 0 Å². The van der Waals surface area contributed by atoms with Gasteiger partial charge in [0.05, 0.1) is 33.0 Å². The predicted molar refractivity (Wildman–Crippen MR) is 66.8 cm³/mol. The van der Waals surface area contributed by atoms with E-state index < -0.39 is 11.8 Å². The smallest absolute Gasteiger partial charge is 0.184 e. The summed E-state index contributed by atoms with van der Waals surface area (Å²) in [6.45, 7) is 2.83. The van der Waals surface area contributed by atoms with Crippen LogP contribution >= 0.6 is 0 Å². The number of hydrogen-bond acceptors (Lipinski definition) is 5. The first kappa shape index (κ1) is 13.1. The SMILES string of the molecule is COc1ccc(C2OCC(C)(N)CO2)cc1OC. The van der Waals surface area contributed by atoms with Crippen LogP contribution in [0.4, 0.5) is 0 Å². The van der Waals surface area contributed by atoms with Gasteiger partial charge in [-0.3, -0.25) is 0 Å². The third-order valence-electron chi connectivity index (χ3n) is 2.81. The second-order valence-electron chi connectivity index (χ2n) is 4.72. The number of nitrogens with two attached hydrogens (primary N) is 1. The lowest BCUT2D eigenvalue weighted by Crippen LogP contribution is -2.49. The third kappa shape index (κ3) is 2.75. The van der Waals surface area contributed by atoms with Crippen molar-refractivity contribution in [3.05, 3.63) is 23.8 Å². The molecule has 2 N–H and O–H groups in total. The Bertz CT molecular complexity index is 409. The summed E-state index contributed by atoms with van der Waals surface area (Å²) in [7, 11) is 3.20. The van der Waals surface area contributed by atoms with Crippen LogP contribution in [0.1, 0.15) is 18.8 Å². The topological polar surface area (TPSA) is 62.9 Å². The lowest BCUT2D eigenvalue weighted by atomic mass is 10.1. The summed E-state index contributed by atoms with van der Waals surface area (Å²) >= 11 is 0. The molecule has 1 aliphatic heterocycles. The minimum atomic E-state index is -0.424. The molecule has 5 nitrogen and oxygen atoms in total. The minimum absolute atomic E-state index is 0.401. The quantitative estimate of drug-likeness (QED) is 0.883. The Morgan fingerprint density at radius 2 is 1.78 bits per heavy atom. The highest BCUT2D eigenvalue weighted by atomic mass is 16.7. The molecule has 1 aromatic carbocycles. The van der Waals surface area contributed by atoms with Crippen LogP contribution in [-0.4, -0.2) is 33.0 Å². The summed E-state index contributed by atoms with van der Waals surface area (Å²) in [6.07, 6.45) is -0.401. The largest absolute Gasteiger partial charge is 0.493 e. The number of ether oxygens (including phenoxy) is 4. The van der Waals surface area contributed by atoms with Crippen LogP contribution in [0.2, 0.25) is 0 Å². The van der Waals surface area contributed by atoms with Gasteiger partial charge >= 0.3 is 0 Å². The van der Waals surface area contributed by atoms with E-state index >= 15 is 0 Å². The fourth-order valence-corrected chi connectivity index (χ4v) is 1.81. The van der Waals surface area contributed by atoms with Gasteiger partial charge in [0.2, 0.25) is 0 Å². The molecule has 0 atom stereocenters. The highest BCUT2D eigenvalue weighted by molar-refractivity contribution is 5.43. The summed E-state index contributed by atoms with van der Waals surface area (Å²) in [4.78, 5) is 0. The Morgan fingerprint density at radius 1 is 1.17 bits per heavy atom. The minimum Gasteiger partial charge on any atom is -0.493 e. The van der Waals surface area contributed by atoms with E-state index in [2.05, 4.69) is 0 Å². The lowest BCUT2D eigenvalue weighted by Gasteiger charge is -2.34. The molecular weight excluding hydrogens is 234 g/mol. The van der Waals surface area contributed by atoms with Crippen LogP contribution in [0.5, 0.6) is 11.5 Å². The molecule has 1 fully saturated rings. The molecule has 0 aromatic heterocycles. The molecule has 0 aliphatic carbocycles. The summed E-state index contributed by atoms with van der Waals surface area (Å²) in [5.41, 5.74) is 6.39. The molecule has 2 rings (SSSR count). The van der Waals surface area contributed by atoms with Gasteiger partial charge in [-0.15, -0.1) is 0 Å². The van der Waals surface area contributed by atoms with Gasteiger partial charge in [0.25, 0.3) is 0 Å². The van der Waals surface area contributed by atoms with Gasteiger partial charge < -0.3 is 24.7 Å². The Labute approximate surface area is 107 Å². The Morgan fingerprint density at radius 3 is 2.33 bits per heavy atom. The van der Waals surface area contributed by atoms with Gasteiger partial charge in [-0.2, -0.15) is 0 Å². The van der Waals surface area contributed by atoms with Crippen molar-refractivity contribution in [2.75, 3.05) is 27.4 Å². The van der Waals surface area contributed by atoms with Gasteiger partial charge in [-0.25, -0.2) is 0 Å². The van der Waals surface area contributed by atoms with Gasteiger partial charge in [0, 0.05) is 5.56 Å². The van der Waals surface area contributed by atoms with E-state index in [1.165, 1.54) is 0 Å². The molecule has 0 amide bonds. The van der Waals surface area contributed by atoms with Crippen LogP contribution in [0, 0.1) is 0 Å². The molecule has 5 heteroatoms. The van der Waals surface area contributed by atoms with Gasteiger partial charge in [-0.05, 0) is 19.1 Å². The first-order chi connectivity index (χ1) is 8.55. The third-order valence-corrected chi connectivity index (χ3v) is 2.81. The van der Waals surface area contributed by atoms with Crippen molar-refractivity contribution in [3.8, 4) is 11.5 Å². The van der Waals surface area contributed by atoms with Crippen molar-refractivity contribution in [2.24, 2.45) is 5.73 Å².